The summed E-state index contributed by atoms with van der Waals surface area (Å²) < 4.78 is 27.1. The number of para-hydroxylation sites is 1. The van der Waals surface area contributed by atoms with Crippen LogP contribution in [0.2, 0.25) is 0 Å². The first kappa shape index (κ1) is 22.5. The molecular weight excluding hydrogens is 398 g/mol. The fourth-order valence-corrected chi connectivity index (χ4v) is 5.25. The number of amides is 1. The average molecular weight is 430 g/mol. The fourth-order valence-electron chi connectivity index (χ4n) is 3.81. The van der Waals surface area contributed by atoms with Gasteiger partial charge in [-0.2, -0.15) is 4.31 Å². The van der Waals surface area contributed by atoms with E-state index in [9.17, 15) is 13.2 Å². The van der Waals surface area contributed by atoms with E-state index in [1.165, 1.54) is 4.31 Å². The van der Waals surface area contributed by atoms with Gasteiger partial charge in [-0.3, -0.25) is 9.69 Å². The number of nitrogens with one attached hydrogen (secondary N) is 1. The van der Waals surface area contributed by atoms with Crippen molar-refractivity contribution in [3.05, 3.63) is 59.7 Å². The van der Waals surface area contributed by atoms with Crippen LogP contribution >= 0.6 is 0 Å². The highest BCUT2D eigenvalue weighted by Gasteiger charge is 2.32. The van der Waals surface area contributed by atoms with Crippen molar-refractivity contribution >= 4 is 21.6 Å². The van der Waals surface area contributed by atoms with E-state index in [2.05, 4.69) is 19.2 Å². The van der Waals surface area contributed by atoms with Gasteiger partial charge in [0.1, 0.15) is 0 Å². The summed E-state index contributed by atoms with van der Waals surface area (Å²) in [6.07, 6.45) is 0. The van der Waals surface area contributed by atoms with Crippen LogP contribution in [-0.2, 0) is 14.8 Å². The molecule has 1 atom stereocenters. The van der Waals surface area contributed by atoms with E-state index in [-0.39, 0.29) is 11.9 Å². The summed E-state index contributed by atoms with van der Waals surface area (Å²) >= 11 is 0. The minimum atomic E-state index is -3.49. The second kappa shape index (κ2) is 9.29. The van der Waals surface area contributed by atoms with E-state index in [4.69, 9.17) is 0 Å². The highest BCUT2D eigenvalue weighted by Crippen LogP contribution is 2.28. The normalized spacial score (nSPS) is 17.1. The maximum Gasteiger partial charge on any atom is 0.243 e. The van der Waals surface area contributed by atoms with Crippen molar-refractivity contribution in [3.63, 3.8) is 0 Å². The maximum atomic E-state index is 13.0. The molecule has 1 fully saturated rings. The van der Waals surface area contributed by atoms with Crippen LogP contribution in [0.5, 0.6) is 0 Å². The molecule has 1 aliphatic heterocycles. The molecule has 1 saturated heterocycles. The highest BCUT2D eigenvalue weighted by molar-refractivity contribution is 7.89. The molecule has 1 heterocycles. The Bertz CT molecular complexity index is 982. The van der Waals surface area contributed by atoms with Crippen molar-refractivity contribution in [1.82, 2.24) is 9.21 Å². The second-order valence-electron chi connectivity index (χ2n) is 8.11. The van der Waals surface area contributed by atoms with Crippen molar-refractivity contribution in [3.8, 4) is 0 Å². The van der Waals surface area contributed by atoms with Gasteiger partial charge < -0.3 is 5.32 Å². The number of rotatable bonds is 6. The van der Waals surface area contributed by atoms with Crippen molar-refractivity contribution in [1.29, 1.82) is 0 Å². The van der Waals surface area contributed by atoms with Crippen LogP contribution in [0.15, 0.2) is 53.4 Å². The zero-order chi connectivity index (χ0) is 21.9. The van der Waals surface area contributed by atoms with E-state index < -0.39 is 10.0 Å². The average Bonchev–Trinajstić information content (AvgIpc) is 2.75. The molecule has 3 rings (SSSR count). The molecule has 1 N–H and O–H groups in total. The predicted octanol–water partition coefficient (Wildman–Crippen LogP) is 3.45. The number of hydrogen-bond donors (Lipinski definition) is 1. The van der Waals surface area contributed by atoms with Crippen LogP contribution in [0, 0.1) is 6.92 Å². The molecule has 0 radical (unpaired) electrons. The third-order valence-electron chi connectivity index (χ3n) is 5.76. The monoisotopic (exact) mass is 429 g/mol. The van der Waals surface area contributed by atoms with Crippen LogP contribution in [-0.4, -0.2) is 55.8 Å². The molecule has 0 saturated carbocycles. The van der Waals surface area contributed by atoms with E-state index in [1.807, 2.05) is 36.9 Å². The molecule has 0 aliphatic carbocycles. The van der Waals surface area contributed by atoms with Gasteiger partial charge in [-0.05, 0) is 43.0 Å². The van der Waals surface area contributed by atoms with Crippen molar-refractivity contribution < 1.29 is 13.2 Å². The zero-order valence-corrected chi connectivity index (χ0v) is 18.9. The molecule has 0 spiro atoms. The molecule has 6 nitrogen and oxygen atoms in total. The summed E-state index contributed by atoms with van der Waals surface area (Å²) in [5.74, 6) is 0.243. The molecule has 7 heteroatoms. The predicted molar refractivity (Wildman–Crippen MR) is 120 cm³/mol. The van der Waals surface area contributed by atoms with E-state index >= 15 is 0 Å². The number of hydrogen-bond acceptors (Lipinski definition) is 4. The quantitative estimate of drug-likeness (QED) is 0.764. The number of aryl methyl sites for hydroxylation is 1. The van der Waals surface area contributed by atoms with Crippen LogP contribution in [0.1, 0.15) is 37.8 Å². The van der Waals surface area contributed by atoms with Gasteiger partial charge in [0.2, 0.25) is 15.9 Å². The topological polar surface area (TPSA) is 69.7 Å². The van der Waals surface area contributed by atoms with Crippen LogP contribution in [0.4, 0.5) is 5.69 Å². The van der Waals surface area contributed by atoms with Gasteiger partial charge in [0.25, 0.3) is 0 Å². The minimum absolute atomic E-state index is 0.0643. The molecule has 0 unspecified atom stereocenters. The SMILES string of the molecule is Cc1cccc(C(C)C)c1NC(=O)[C@H](C)N1CCN(S(=O)(=O)c2ccccc2)CC1. The molecule has 2 aromatic carbocycles. The van der Waals surface area contributed by atoms with Gasteiger partial charge in [-0.15, -0.1) is 0 Å². The molecule has 2 aromatic rings. The first-order valence-electron chi connectivity index (χ1n) is 10.4. The lowest BCUT2D eigenvalue weighted by Crippen LogP contribution is -2.54. The van der Waals surface area contributed by atoms with Crippen LogP contribution < -0.4 is 5.32 Å². The van der Waals surface area contributed by atoms with Gasteiger partial charge in [-0.1, -0.05) is 50.2 Å². The Morgan fingerprint density at radius 2 is 1.57 bits per heavy atom. The lowest BCUT2D eigenvalue weighted by atomic mass is 9.98. The molecule has 1 aliphatic rings. The molecule has 0 aromatic heterocycles. The summed E-state index contributed by atoms with van der Waals surface area (Å²) in [5.41, 5.74) is 3.05. The van der Waals surface area contributed by atoms with Crippen LogP contribution in [0.25, 0.3) is 0 Å². The second-order valence-corrected chi connectivity index (χ2v) is 10.1. The Morgan fingerprint density at radius 3 is 2.17 bits per heavy atom. The Hall–Kier alpha value is -2.22. The highest BCUT2D eigenvalue weighted by atomic mass is 32.2. The first-order valence-corrected chi connectivity index (χ1v) is 11.9. The van der Waals surface area contributed by atoms with Gasteiger partial charge in [0.15, 0.2) is 0 Å². The minimum Gasteiger partial charge on any atom is -0.324 e. The Kier molecular flexibility index (Phi) is 6.95. The van der Waals surface area contributed by atoms with Gasteiger partial charge in [-0.25, -0.2) is 8.42 Å². The Labute approximate surface area is 179 Å². The third kappa shape index (κ3) is 4.74. The number of carbonyl (C=O) groups excluding carboxylic acids is 1. The summed E-state index contributed by atoms with van der Waals surface area (Å²) in [7, 11) is -3.49. The summed E-state index contributed by atoms with van der Waals surface area (Å²) in [6, 6.07) is 14.2. The maximum absolute atomic E-state index is 13.0. The summed E-state index contributed by atoms with van der Waals surface area (Å²) in [4.78, 5) is 15.3. The number of piperazine rings is 1. The molecule has 0 bridgehead atoms. The molecule has 162 valence electrons. The van der Waals surface area contributed by atoms with Gasteiger partial charge in [0.05, 0.1) is 10.9 Å². The van der Waals surface area contributed by atoms with Crippen molar-refractivity contribution in [2.45, 2.75) is 44.6 Å². The third-order valence-corrected chi connectivity index (χ3v) is 7.67. The van der Waals surface area contributed by atoms with Crippen LogP contribution in [0.3, 0.4) is 0 Å². The number of benzene rings is 2. The Balaban J connectivity index is 1.65. The lowest BCUT2D eigenvalue weighted by molar-refractivity contribution is -0.121. The number of anilines is 1. The summed E-state index contributed by atoms with van der Waals surface area (Å²) in [5, 5.41) is 3.11. The lowest BCUT2D eigenvalue weighted by Gasteiger charge is -2.36. The van der Waals surface area contributed by atoms with E-state index in [0.29, 0.717) is 37.0 Å². The largest absolute Gasteiger partial charge is 0.324 e. The van der Waals surface area contributed by atoms with Gasteiger partial charge >= 0.3 is 0 Å². The smallest absolute Gasteiger partial charge is 0.243 e. The number of sulfonamides is 1. The van der Waals surface area contributed by atoms with Gasteiger partial charge in [0, 0.05) is 31.9 Å². The molecular formula is C23H31N3O3S. The molecule has 1 amide bonds. The van der Waals surface area contributed by atoms with E-state index in [1.54, 1.807) is 30.3 Å². The van der Waals surface area contributed by atoms with E-state index in [0.717, 1.165) is 16.8 Å². The summed E-state index contributed by atoms with van der Waals surface area (Å²) in [6.45, 7) is 9.88. The number of nitrogens with zero attached hydrogens (tertiary/aromatic N) is 2. The molecule has 30 heavy (non-hydrogen) atoms. The fraction of sp³-hybridized carbons (Fsp3) is 0.435. The van der Waals surface area contributed by atoms with Crippen molar-refractivity contribution in [2.75, 3.05) is 31.5 Å². The first-order chi connectivity index (χ1) is 14.2. The standard InChI is InChI=1S/C23H31N3O3S/c1-17(2)21-12-8-9-18(3)22(21)24-23(27)19(4)25-13-15-26(16-14-25)30(28,29)20-10-6-5-7-11-20/h5-12,17,19H,13-16H2,1-4H3,(H,24,27)/t19-/m0/s1. The van der Waals surface area contributed by atoms with Crippen molar-refractivity contribution in [2.24, 2.45) is 0 Å². The zero-order valence-electron chi connectivity index (χ0n) is 18.1. The Morgan fingerprint density at radius 1 is 0.933 bits per heavy atom. The number of carbonyl (C=O) groups is 1.